The summed E-state index contributed by atoms with van der Waals surface area (Å²) in [6.45, 7) is 4.57. The molecule has 0 amide bonds. The average Bonchev–Trinajstić information content (AvgIpc) is 2.46. The van der Waals surface area contributed by atoms with Gasteiger partial charge in [-0.15, -0.1) is 0 Å². The second kappa shape index (κ2) is 6.97. The quantitative estimate of drug-likeness (QED) is 0.622. The molecule has 1 aromatic rings. The first-order valence-electron chi connectivity index (χ1n) is 7.94. The fourth-order valence-corrected chi connectivity index (χ4v) is 3.52. The summed E-state index contributed by atoms with van der Waals surface area (Å²) in [5.41, 5.74) is 3.07. The second-order valence-corrected chi connectivity index (χ2v) is 5.89. The molecule has 1 aliphatic rings. The lowest BCUT2D eigenvalue weighted by atomic mass is 9.75. The third-order valence-electron chi connectivity index (χ3n) is 4.63. The molecule has 0 heteroatoms. The highest BCUT2D eigenvalue weighted by atomic mass is 14.3. The maximum absolute atomic E-state index is 2.40. The zero-order valence-electron chi connectivity index (χ0n) is 12.1. The molecule has 0 nitrogen and oxygen atoms in total. The minimum absolute atomic E-state index is 0.821. The second-order valence-electron chi connectivity index (χ2n) is 5.89. The summed E-state index contributed by atoms with van der Waals surface area (Å²) in [5, 5.41) is 0. The lowest BCUT2D eigenvalue weighted by Gasteiger charge is -2.30. The van der Waals surface area contributed by atoms with E-state index in [0.29, 0.717) is 0 Å². The fraction of sp³-hybridized carbons (Fsp3) is 0.667. The van der Waals surface area contributed by atoms with E-state index in [1.807, 2.05) is 0 Å². The first-order valence-corrected chi connectivity index (χ1v) is 7.94. The Kier molecular flexibility index (Phi) is 5.28. The van der Waals surface area contributed by atoms with Crippen molar-refractivity contribution in [3.05, 3.63) is 35.4 Å². The van der Waals surface area contributed by atoms with Crippen LogP contribution in [0.15, 0.2) is 24.3 Å². The molecule has 0 bridgehead atoms. The fourth-order valence-electron chi connectivity index (χ4n) is 3.52. The van der Waals surface area contributed by atoms with Crippen molar-refractivity contribution in [3.63, 3.8) is 0 Å². The summed E-state index contributed by atoms with van der Waals surface area (Å²) < 4.78 is 0. The van der Waals surface area contributed by atoms with Crippen LogP contribution in [-0.4, -0.2) is 0 Å². The summed E-state index contributed by atoms with van der Waals surface area (Å²) in [5.74, 6) is 1.77. The normalized spacial score (nSPS) is 18.8. The van der Waals surface area contributed by atoms with Gasteiger partial charge < -0.3 is 0 Å². The number of aryl methyl sites for hydroxylation is 1. The van der Waals surface area contributed by atoms with Gasteiger partial charge >= 0.3 is 0 Å². The van der Waals surface area contributed by atoms with Crippen LogP contribution >= 0.6 is 0 Å². The van der Waals surface area contributed by atoms with Gasteiger partial charge in [0.25, 0.3) is 0 Å². The van der Waals surface area contributed by atoms with Gasteiger partial charge in [-0.1, -0.05) is 63.8 Å². The van der Waals surface area contributed by atoms with E-state index in [0.717, 1.165) is 18.3 Å². The van der Waals surface area contributed by atoms with E-state index in [1.54, 1.807) is 5.56 Å². The number of benzene rings is 1. The van der Waals surface area contributed by atoms with E-state index in [4.69, 9.17) is 0 Å². The van der Waals surface area contributed by atoms with Crippen molar-refractivity contribution >= 4 is 0 Å². The summed E-state index contributed by atoms with van der Waals surface area (Å²) in [7, 11) is 0. The van der Waals surface area contributed by atoms with Crippen LogP contribution in [0.5, 0.6) is 0 Å². The molecule has 0 aromatic heterocycles. The van der Waals surface area contributed by atoms with E-state index in [9.17, 15) is 0 Å². The van der Waals surface area contributed by atoms with Crippen LogP contribution in [0.25, 0.3) is 0 Å². The van der Waals surface area contributed by atoms with Crippen molar-refractivity contribution in [1.82, 2.24) is 0 Å². The van der Waals surface area contributed by atoms with Gasteiger partial charge in [-0.2, -0.15) is 0 Å². The van der Waals surface area contributed by atoms with Gasteiger partial charge in [-0.25, -0.2) is 0 Å². The Labute approximate surface area is 113 Å². The highest BCUT2D eigenvalue weighted by Gasteiger charge is 2.24. The zero-order chi connectivity index (χ0) is 12.8. The maximum atomic E-state index is 2.40. The number of hydrogen-bond acceptors (Lipinski definition) is 0. The van der Waals surface area contributed by atoms with Gasteiger partial charge in [0.1, 0.15) is 0 Å². The Bertz CT molecular complexity index is 330. The molecule has 0 spiro atoms. The van der Waals surface area contributed by atoms with E-state index < -0.39 is 0 Å². The Morgan fingerprint density at radius 3 is 2.22 bits per heavy atom. The SMILES string of the molecule is CCCC(c1ccc(CC)cc1)C1CCCCC1. The van der Waals surface area contributed by atoms with Gasteiger partial charge in [0.15, 0.2) is 0 Å². The van der Waals surface area contributed by atoms with E-state index in [2.05, 4.69) is 38.1 Å². The van der Waals surface area contributed by atoms with Crippen LogP contribution in [0.1, 0.15) is 75.8 Å². The highest BCUT2D eigenvalue weighted by Crippen LogP contribution is 2.38. The van der Waals surface area contributed by atoms with Crippen molar-refractivity contribution in [1.29, 1.82) is 0 Å². The van der Waals surface area contributed by atoms with Gasteiger partial charge in [0.05, 0.1) is 0 Å². The molecule has 0 N–H and O–H groups in total. The minimum Gasteiger partial charge on any atom is -0.0654 e. The summed E-state index contributed by atoms with van der Waals surface area (Å²) in [6, 6.07) is 9.46. The van der Waals surface area contributed by atoms with E-state index in [-0.39, 0.29) is 0 Å². The standard InChI is InChI=1S/C18H28/c1-3-8-18(16-9-6-5-7-10-16)17-13-11-15(4-2)12-14-17/h11-14,16,18H,3-10H2,1-2H3. The Balaban J connectivity index is 2.11. The molecule has 0 saturated heterocycles. The van der Waals surface area contributed by atoms with Crippen LogP contribution in [0.3, 0.4) is 0 Å². The van der Waals surface area contributed by atoms with Crippen LogP contribution < -0.4 is 0 Å². The molecule has 1 saturated carbocycles. The Morgan fingerprint density at radius 2 is 1.67 bits per heavy atom. The molecule has 1 aromatic carbocycles. The van der Waals surface area contributed by atoms with E-state index >= 15 is 0 Å². The number of rotatable bonds is 5. The summed E-state index contributed by atoms with van der Waals surface area (Å²) >= 11 is 0. The maximum Gasteiger partial charge on any atom is -0.0134 e. The minimum atomic E-state index is 0.821. The summed E-state index contributed by atoms with van der Waals surface area (Å²) in [4.78, 5) is 0. The molecule has 1 fully saturated rings. The monoisotopic (exact) mass is 244 g/mol. The molecule has 100 valence electrons. The molecule has 1 atom stereocenters. The smallest absolute Gasteiger partial charge is 0.0134 e. The van der Waals surface area contributed by atoms with Crippen molar-refractivity contribution < 1.29 is 0 Å². The lowest BCUT2D eigenvalue weighted by Crippen LogP contribution is -2.16. The van der Waals surface area contributed by atoms with E-state index in [1.165, 1.54) is 50.5 Å². The molecule has 1 aliphatic carbocycles. The molecule has 0 aliphatic heterocycles. The van der Waals surface area contributed by atoms with Gasteiger partial charge in [0.2, 0.25) is 0 Å². The first-order chi connectivity index (χ1) is 8.85. The predicted molar refractivity (Wildman–Crippen MR) is 80.0 cm³/mol. The largest absolute Gasteiger partial charge is 0.0654 e. The number of hydrogen-bond donors (Lipinski definition) is 0. The Morgan fingerprint density at radius 1 is 1.00 bits per heavy atom. The third-order valence-corrected chi connectivity index (χ3v) is 4.63. The van der Waals surface area contributed by atoms with Crippen LogP contribution in [0, 0.1) is 5.92 Å². The lowest BCUT2D eigenvalue weighted by molar-refractivity contribution is 0.293. The van der Waals surface area contributed by atoms with Crippen LogP contribution in [-0.2, 0) is 6.42 Å². The molecule has 1 unspecified atom stereocenters. The molecule has 18 heavy (non-hydrogen) atoms. The Hall–Kier alpha value is -0.780. The third kappa shape index (κ3) is 3.37. The van der Waals surface area contributed by atoms with Crippen molar-refractivity contribution in [2.45, 2.75) is 71.1 Å². The van der Waals surface area contributed by atoms with Crippen LogP contribution in [0.4, 0.5) is 0 Å². The predicted octanol–water partition coefficient (Wildman–Crippen LogP) is 5.71. The first kappa shape index (κ1) is 13.6. The highest BCUT2D eigenvalue weighted by molar-refractivity contribution is 5.26. The summed E-state index contributed by atoms with van der Waals surface area (Å²) in [6.07, 6.45) is 11.1. The molecule has 0 heterocycles. The average molecular weight is 244 g/mol. The van der Waals surface area contributed by atoms with Crippen molar-refractivity contribution in [2.75, 3.05) is 0 Å². The molecular weight excluding hydrogens is 216 g/mol. The van der Waals surface area contributed by atoms with Crippen molar-refractivity contribution in [3.8, 4) is 0 Å². The van der Waals surface area contributed by atoms with Gasteiger partial charge in [0, 0.05) is 0 Å². The van der Waals surface area contributed by atoms with Gasteiger partial charge in [-0.05, 0) is 48.6 Å². The topological polar surface area (TPSA) is 0 Å². The zero-order valence-corrected chi connectivity index (χ0v) is 12.1. The molecule has 2 rings (SSSR count). The van der Waals surface area contributed by atoms with Crippen LogP contribution in [0.2, 0.25) is 0 Å². The molecular formula is C18H28. The molecule has 0 radical (unpaired) electrons. The van der Waals surface area contributed by atoms with Crippen molar-refractivity contribution in [2.24, 2.45) is 5.92 Å². The van der Waals surface area contributed by atoms with Gasteiger partial charge in [-0.3, -0.25) is 0 Å².